The topological polar surface area (TPSA) is 55.6 Å². The number of nitrogens with zero attached hydrogens (tertiary/aromatic N) is 1. The molecule has 0 aromatic carbocycles. The number of likely N-dealkylation sites (tertiary alicyclic amines) is 1. The average molecular weight is 214 g/mol. The number of hydrogen-bond acceptors (Lipinski definition) is 3. The minimum Gasteiger partial charge on any atom is -0.444 e. The maximum atomic E-state index is 11.7. The molecule has 1 aliphatic heterocycles. The van der Waals surface area contributed by atoms with E-state index in [2.05, 4.69) is 0 Å². The van der Waals surface area contributed by atoms with Gasteiger partial charge >= 0.3 is 6.09 Å². The second-order valence-corrected chi connectivity index (χ2v) is 5.16. The Morgan fingerprint density at radius 2 is 2.20 bits per heavy atom. The third-order valence-corrected chi connectivity index (χ3v) is 2.51. The molecule has 4 heteroatoms. The van der Waals surface area contributed by atoms with Crippen LogP contribution in [0.4, 0.5) is 4.79 Å². The lowest BCUT2D eigenvalue weighted by molar-refractivity contribution is 0.0288. The molecule has 1 heterocycles. The number of amides is 1. The monoisotopic (exact) mass is 214 g/mol. The van der Waals surface area contributed by atoms with E-state index in [1.165, 1.54) is 0 Å². The van der Waals surface area contributed by atoms with Gasteiger partial charge in [-0.3, -0.25) is 0 Å². The summed E-state index contributed by atoms with van der Waals surface area (Å²) in [4.78, 5) is 13.5. The van der Waals surface area contributed by atoms with Crippen LogP contribution in [0.3, 0.4) is 0 Å². The normalized spacial score (nSPS) is 21.9. The molecule has 1 rings (SSSR count). The molecule has 0 radical (unpaired) electrons. The van der Waals surface area contributed by atoms with Gasteiger partial charge in [0.2, 0.25) is 0 Å². The van der Waals surface area contributed by atoms with E-state index >= 15 is 0 Å². The second kappa shape index (κ2) is 4.84. The van der Waals surface area contributed by atoms with Crippen molar-refractivity contribution in [2.75, 3.05) is 19.6 Å². The highest BCUT2D eigenvalue weighted by molar-refractivity contribution is 5.68. The summed E-state index contributed by atoms with van der Waals surface area (Å²) < 4.78 is 5.30. The molecule has 0 aliphatic carbocycles. The molecule has 1 fully saturated rings. The molecule has 0 aromatic rings. The molecule has 1 saturated heterocycles. The third kappa shape index (κ3) is 4.08. The van der Waals surface area contributed by atoms with Crippen molar-refractivity contribution in [3.05, 3.63) is 0 Å². The molecule has 0 spiro atoms. The van der Waals surface area contributed by atoms with Crippen LogP contribution in [-0.2, 0) is 4.74 Å². The van der Waals surface area contributed by atoms with Gasteiger partial charge in [0, 0.05) is 13.1 Å². The van der Waals surface area contributed by atoms with Crippen LogP contribution in [0.1, 0.15) is 33.6 Å². The standard InChI is InChI=1S/C11H22N2O2/c1-11(2,3)15-10(14)13-7-5-9(8-13)4-6-12/h9H,4-8,12H2,1-3H3/t9-/m1/s1. The highest BCUT2D eigenvalue weighted by Crippen LogP contribution is 2.21. The molecule has 0 unspecified atom stereocenters. The van der Waals surface area contributed by atoms with Crippen LogP contribution >= 0.6 is 0 Å². The number of hydrogen-bond donors (Lipinski definition) is 1. The van der Waals surface area contributed by atoms with Crippen molar-refractivity contribution in [3.8, 4) is 0 Å². The lowest BCUT2D eigenvalue weighted by Gasteiger charge is -2.24. The summed E-state index contributed by atoms with van der Waals surface area (Å²) >= 11 is 0. The first kappa shape index (κ1) is 12.3. The summed E-state index contributed by atoms with van der Waals surface area (Å²) in [6, 6.07) is 0. The average Bonchev–Trinajstić information content (AvgIpc) is 2.50. The van der Waals surface area contributed by atoms with Gasteiger partial charge in [-0.25, -0.2) is 4.79 Å². The fraction of sp³-hybridized carbons (Fsp3) is 0.909. The number of carbonyl (C=O) groups is 1. The molecular weight excluding hydrogens is 192 g/mol. The van der Waals surface area contributed by atoms with Gasteiger partial charge < -0.3 is 15.4 Å². The fourth-order valence-electron chi connectivity index (χ4n) is 1.80. The third-order valence-electron chi connectivity index (χ3n) is 2.51. The summed E-state index contributed by atoms with van der Waals surface area (Å²) in [5.74, 6) is 0.558. The number of ether oxygens (including phenoxy) is 1. The van der Waals surface area contributed by atoms with Crippen LogP contribution in [0.5, 0.6) is 0 Å². The zero-order chi connectivity index (χ0) is 11.5. The quantitative estimate of drug-likeness (QED) is 0.759. The van der Waals surface area contributed by atoms with Crippen molar-refractivity contribution in [1.29, 1.82) is 0 Å². The predicted molar refractivity (Wildman–Crippen MR) is 59.6 cm³/mol. The van der Waals surface area contributed by atoms with E-state index in [1.807, 2.05) is 20.8 Å². The van der Waals surface area contributed by atoms with Gasteiger partial charge in [0.1, 0.15) is 5.60 Å². The van der Waals surface area contributed by atoms with Crippen molar-refractivity contribution in [1.82, 2.24) is 4.90 Å². The van der Waals surface area contributed by atoms with Crippen molar-refractivity contribution < 1.29 is 9.53 Å². The Hall–Kier alpha value is -0.770. The van der Waals surface area contributed by atoms with Crippen LogP contribution in [-0.4, -0.2) is 36.2 Å². The smallest absolute Gasteiger partial charge is 0.410 e. The Balaban J connectivity index is 2.37. The summed E-state index contributed by atoms with van der Waals surface area (Å²) in [7, 11) is 0. The molecule has 1 aliphatic rings. The lowest BCUT2D eigenvalue weighted by Crippen LogP contribution is -2.35. The summed E-state index contributed by atoms with van der Waals surface area (Å²) in [5, 5.41) is 0. The Kier molecular flexibility index (Phi) is 3.97. The maximum Gasteiger partial charge on any atom is 0.410 e. The van der Waals surface area contributed by atoms with Gasteiger partial charge in [-0.15, -0.1) is 0 Å². The first-order chi connectivity index (χ1) is 6.92. The van der Waals surface area contributed by atoms with Crippen molar-refractivity contribution in [2.45, 2.75) is 39.2 Å². The molecule has 88 valence electrons. The SMILES string of the molecule is CC(C)(C)OC(=O)N1CC[C@@H](CCN)C1. The highest BCUT2D eigenvalue weighted by atomic mass is 16.6. The van der Waals surface area contributed by atoms with E-state index in [-0.39, 0.29) is 6.09 Å². The number of rotatable bonds is 2. The van der Waals surface area contributed by atoms with Crippen LogP contribution in [0.25, 0.3) is 0 Å². The van der Waals surface area contributed by atoms with Crippen LogP contribution in [0.15, 0.2) is 0 Å². The van der Waals surface area contributed by atoms with Gasteiger partial charge in [0.05, 0.1) is 0 Å². The maximum absolute atomic E-state index is 11.7. The Morgan fingerprint density at radius 3 is 2.73 bits per heavy atom. The van der Waals surface area contributed by atoms with E-state index in [0.717, 1.165) is 25.9 Å². The molecular formula is C11H22N2O2. The highest BCUT2D eigenvalue weighted by Gasteiger charge is 2.28. The minimum absolute atomic E-state index is 0.193. The van der Waals surface area contributed by atoms with Gasteiger partial charge in [0.15, 0.2) is 0 Å². The molecule has 2 N–H and O–H groups in total. The van der Waals surface area contributed by atoms with Crippen LogP contribution in [0, 0.1) is 5.92 Å². The predicted octanol–water partition coefficient (Wildman–Crippen LogP) is 1.59. The molecule has 1 atom stereocenters. The summed E-state index contributed by atoms with van der Waals surface area (Å²) in [6.07, 6.45) is 1.86. The molecule has 0 bridgehead atoms. The fourth-order valence-corrected chi connectivity index (χ4v) is 1.80. The Morgan fingerprint density at radius 1 is 1.53 bits per heavy atom. The Labute approximate surface area is 91.8 Å². The van der Waals surface area contributed by atoms with Gasteiger partial charge in [-0.2, -0.15) is 0 Å². The van der Waals surface area contributed by atoms with Crippen LogP contribution < -0.4 is 5.73 Å². The first-order valence-electron chi connectivity index (χ1n) is 5.60. The van der Waals surface area contributed by atoms with Crippen molar-refractivity contribution in [2.24, 2.45) is 11.7 Å². The van der Waals surface area contributed by atoms with E-state index in [9.17, 15) is 4.79 Å². The van der Waals surface area contributed by atoms with Gasteiger partial charge in [0.25, 0.3) is 0 Å². The number of carbonyl (C=O) groups excluding carboxylic acids is 1. The van der Waals surface area contributed by atoms with E-state index in [4.69, 9.17) is 10.5 Å². The molecule has 0 saturated carbocycles. The molecule has 1 amide bonds. The lowest BCUT2D eigenvalue weighted by atomic mass is 10.1. The van der Waals surface area contributed by atoms with E-state index < -0.39 is 5.60 Å². The first-order valence-corrected chi connectivity index (χ1v) is 5.60. The van der Waals surface area contributed by atoms with Crippen LogP contribution in [0.2, 0.25) is 0 Å². The molecule has 0 aromatic heterocycles. The van der Waals surface area contributed by atoms with E-state index in [0.29, 0.717) is 12.5 Å². The largest absolute Gasteiger partial charge is 0.444 e. The van der Waals surface area contributed by atoms with Crippen molar-refractivity contribution in [3.63, 3.8) is 0 Å². The summed E-state index contributed by atoms with van der Waals surface area (Å²) in [6.45, 7) is 7.97. The zero-order valence-electron chi connectivity index (χ0n) is 9.95. The number of nitrogens with two attached hydrogens (primary N) is 1. The minimum atomic E-state index is -0.400. The molecule has 4 nitrogen and oxygen atoms in total. The van der Waals surface area contributed by atoms with Gasteiger partial charge in [-0.05, 0) is 46.1 Å². The molecule has 15 heavy (non-hydrogen) atoms. The second-order valence-electron chi connectivity index (χ2n) is 5.16. The van der Waals surface area contributed by atoms with Crippen molar-refractivity contribution >= 4 is 6.09 Å². The van der Waals surface area contributed by atoms with Gasteiger partial charge in [-0.1, -0.05) is 0 Å². The van der Waals surface area contributed by atoms with E-state index in [1.54, 1.807) is 4.90 Å². The zero-order valence-corrected chi connectivity index (χ0v) is 9.95. The summed E-state index contributed by atoms with van der Waals surface area (Å²) in [5.41, 5.74) is 5.10. The Bertz CT molecular complexity index is 223.